The van der Waals surface area contributed by atoms with E-state index in [1.807, 2.05) is 24.4 Å². The van der Waals surface area contributed by atoms with E-state index in [1.165, 1.54) is 16.5 Å². The van der Waals surface area contributed by atoms with Crippen LogP contribution in [0.3, 0.4) is 0 Å². The number of H-pyrrole nitrogens is 1. The molecule has 1 heterocycles. The van der Waals surface area contributed by atoms with Crippen LogP contribution in [-0.2, 0) is 6.42 Å². The maximum atomic E-state index is 5.64. The lowest BCUT2D eigenvalue weighted by Gasteiger charge is -2.05. The van der Waals surface area contributed by atoms with Crippen molar-refractivity contribution in [2.75, 3.05) is 13.7 Å². The number of methoxy groups -OCH3 is 1. The van der Waals surface area contributed by atoms with Gasteiger partial charge in [-0.1, -0.05) is 24.3 Å². The van der Waals surface area contributed by atoms with Crippen LogP contribution in [0.5, 0.6) is 5.75 Å². The summed E-state index contributed by atoms with van der Waals surface area (Å²) in [6.07, 6.45) is 2.95. The molecule has 0 saturated carbocycles. The SMILES string of the molecule is COc1cccc(-c2ccc3c(CCN)c[nH]c3c2)c1. The highest BCUT2D eigenvalue weighted by Crippen LogP contribution is 2.28. The fourth-order valence-corrected chi connectivity index (χ4v) is 2.53. The van der Waals surface area contributed by atoms with Gasteiger partial charge >= 0.3 is 0 Å². The zero-order chi connectivity index (χ0) is 13.9. The first kappa shape index (κ1) is 12.8. The molecular formula is C17H18N2O. The van der Waals surface area contributed by atoms with Gasteiger partial charge in [-0.25, -0.2) is 0 Å². The first-order valence-electron chi connectivity index (χ1n) is 6.76. The molecule has 0 saturated heterocycles. The van der Waals surface area contributed by atoms with Crippen LogP contribution in [0.1, 0.15) is 5.56 Å². The van der Waals surface area contributed by atoms with Crippen LogP contribution >= 0.6 is 0 Å². The highest BCUT2D eigenvalue weighted by molar-refractivity contribution is 5.87. The molecule has 0 aliphatic rings. The molecule has 0 atom stereocenters. The minimum atomic E-state index is 0.671. The minimum absolute atomic E-state index is 0.671. The van der Waals surface area contributed by atoms with Gasteiger partial charge in [0.2, 0.25) is 0 Å². The van der Waals surface area contributed by atoms with E-state index < -0.39 is 0 Å². The highest BCUT2D eigenvalue weighted by atomic mass is 16.5. The van der Waals surface area contributed by atoms with Crippen molar-refractivity contribution in [1.29, 1.82) is 0 Å². The number of aromatic nitrogens is 1. The van der Waals surface area contributed by atoms with Crippen molar-refractivity contribution in [3.05, 3.63) is 54.2 Å². The first-order chi connectivity index (χ1) is 9.81. The third-order valence-corrected chi connectivity index (χ3v) is 3.58. The van der Waals surface area contributed by atoms with E-state index in [0.717, 1.165) is 23.3 Å². The van der Waals surface area contributed by atoms with Crippen molar-refractivity contribution >= 4 is 10.9 Å². The molecule has 0 aliphatic heterocycles. The number of ether oxygens (including phenoxy) is 1. The lowest BCUT2D eigenvalue weighted by Crippen LogP contribution is -2.01. The van der Waals surface area contributed by atoms with Crippen molar-refractivity contribution in [2.45, 2.75) is 6.42 Å². The van der Waals surface area contributed by atoms with Crippen molar-refractivity contribution in [2.24, 2.45) is 5.73 Å². The summed E-state index contributed by atoms with van der Waals surface area (Å²) in [6, 6.07) is 14.6. The Hall–Kier alpha value is -2.26. The van der Waals surface area contributed by atoms with Crippen LogP contribution in [0, 0.1) is 0 Å². The highest BCUT2D eigenvalue weighted by Gasteiger charge is 2.05. The molecule has 1 aromatic heterocycles. The molecule has 102 valence electrons. The van der Waals surface area contributed by atoms with Crippen molar-refractivity contribution in [3.8, 4) is 16.9 Å². The van der Waals surface area contributed by atoms with Crippen LogP contribution in [0.4, 0.5) is 0 Å². The van der Waals surface area contributed by atoms with Crippen LogP contribution in [0.2, 0.25) is 0 Å². The van der Waals surface area contributed by atoms with Gasteiger partial charge in [-0.05, 0) is 47.9 Å². The average Bonchev–Trinajstić information content (AvgIpc) is 2.90. The molecule has 0 amide bonds. The van der Waals surface area contributed by atoms with E-state index in [-0.39, 0.29) is 0 Å². The predicted molar refractivity (Wildman–Crippen MR) is 83.0 cm³/mol. The topological polar surface area (TPSA) is 51.0 Å². The Morgan fingerprint density at radius 1 is 1.10 bits per heavy atom. The Bertz CT molecular complexity index is 731. The zero-order valence-electron chi connectivity index (χ0n) is 11.5. The van der Waals surface area contributed by atoms with Gasteiger partial charge < -0.3 is 15.5 Å². The summed E-state index contributed by atoms with van der Waals surface area (Å²) in [5.74, 6) is 0.873. The molecule has 3 nitrogen and oxygen atoms in total. The van der Waals surface area contributed by atoms with Crippen LogP contribution in [-0.4, -0.2) is 18.6 Å². The first-order valence-corrected chi connectivity index (χ1v) is 6.76. The molecule has 0 aliphatic carbocycles. The normalized spacial score (nSPS) is 10.9. The molecule has 3 N–H and O–H groups in total. The number of hydrogen-bond acceptors (Lipinski definition) is 2. The summed E-state index contributed by atoms with van der Waals surface area (Å²) in [6.45, 7) is 0.671. The number of aromatic amines is 1. The maximum absolute atomic E-state index is 5.64. The molecule has 0 bridgehead atoms. The van der Waals surface area contributed by atoms with E-state index in [2.05, 4.69) is 29.2 Å². The molecule has 0 radical (unpaired) electrons. The Labute approximate surface area is 118 Å². The lowest BCUT2D eigenvalue weighted by atomic mass is 10.0. The summed E-state index contributed by atoms with van der Waals surface area (Å²) in [7, 11) is 1.69. The Morgan fingerprint density at radius 3 is 2.75 bits per heavy atom. The molecule has 0 spiro atoms. The van der Waals surface area contributed by atoms with E-state index in [1.54, 1.807) is 7.11 Å². The van der Waals surface area contributed by atoms with E-state index >= 15 is 0 Å². The van der Waals surface area contributed by atoms with Crippen LogP contribution < -0.4 is 10.5 Å². The Balaban J connectivity index is 2.04. The third-order valence-electron chi connectivity index (χ3n) is 3.58. The number of rotatable bonds is 4. The fourth-order valence-electron chi connectivity index (χ4n) is 2.53. The summed E-state index contributed by atoms with van der Waals surface area (Å²) >= 11 is 0. The summed E-state index contributed by atoms with van der Waals surface area (Å²) < 4.78 is 5.28. The van der Waals surface area contributed by atoms with Gasteiger partial charge in [0.15, 0.2) is 0 Å². The second-order valence-electron chi connectivity index (χ2n) is 4.84. The molecule has 3 heteroatoms. The standard InChI is InChI=1S/C17H18N2O/c1-20-15-4-2-3-12(9-15)13-5-6-16-14(7-8-18)11-19-17(16)10-13/h2-6,9-11,19H,7-8,18H2,1H3. The fraction of sp³-hybridized carbons (Fsp3) is 0.176. The summed E-state index contributed by atoms with van der Waals surface area (Å²) in [5, 5.41) is 1.25. The number of nitrogens with two attached hydrogens (primary N) is 1. The smallest absolute Gasteiger partial charge is 0.119 e. The third kappa shape index (κ3) is 2.28. The summed E-state index contributed by atoms with van der Waals surface area (Å²) in [4.78, 5) is 3.32. The molecule has 3 aromatic rings. The van der Waals surface area contributed by atoms with Crippen molar-refractivity contribution in [1.82, 2.24) is 4.98 Å². The predicted octanol–water partition coefficient (Wildman–Crippen LogP) is 3.34. The molecular weight excluding hydrogens is 248 g/mol. The van der Waals surface area contributed by atoms with Crippen molar-refractivity contribution in [3.63, 3.8) is 0 Å². The zero-order valence-corrected chi connectivity index (χ0v) is 11.5. The number of hydrogen-bond donors (Lipinski definition) is 2. The Kier molecular flexibility index (Phi) is 3.44. The van der Waals surface area contributed by atoms with Crippen molar-refractivity contribution < 1.29 is 4.74 Å². The van der Waals surface area contributed by atoms with Gasteiger partial charge in [0.05, 0.1) is 7.11 Å². The van der Waals surface area contributed by atoms with Gasteiger partial charge in [0.1, 0.15) is 5.75 Å². The molecule has 20 heavy (non-hydrogen) atoms. The van der Waals surface area contributed by atoms with Gasteiger partial charge in [-0.15, -0.1) is 0 Å². The number of nitrogens with one attached hydrogen (secondary N) is 1. The number of benzene rings is 2. The van der Waals surface area contributed by atoms with E-state index in [0.29, 0.717) is 6.54 Å². The largest absolute Gasteiger partial charge is 0.497 e. The average molecular weight is 266 g/mol. The summed E-state index contributed by atoms with van der Waals surface area (Å²) in [5.41, 5.74) is 10.4. The van der Waals surface area contributed by atoms with Crippen LogP contribution in [0.15, 0.2) is 48.7 Å². The van der Waals surface area contributed by atoms with Gasteiger partial charge in [0.25, 0.3) is 0 Å². The maximum Gasteiger partial charge on any atom is 0.119 e. The van der Waals surface area contributed by atoms with Gasteiger partial charge in [-0.2, -0.15) is 0 Å². The van der Waals surface area contributed by atoms with E-state index in [4.69, 9.17) is 10.5 Å². The second kappa shape index (κ2) is 5.39. The number of fused-ring (bicyclic) bond motifs is 1. The van der Waals surface area contributed by atoms with Gasteiger partial charge in [0, 0.05) is 17.1 Å². The molecule has 3 rings (SSSR count). The van der Waals surface area contributed by atoms with Gasteiger partial charge in [-0.3, -0.25) is 0 Å². The quantitative estimate of drug-likeness (QED) is 0.761. The minimum Gasteiger partial charge on any atom is -0.497 e. The molecule has 2 aromatic carbocycles. The molecule has 0 fully saturated rings. The lowest BCUT2D eigenvalue weighted by molar-refractivity contribution is 0.415. The van der Waals surface area contributed by atoms with E-state index in [9.17, 15) is 0 Å². The monoisotopic (exact) mass is 266 g/mol. The second-order valence-corrected chi connectivity index (χ2v) is 4.84. The van der Waals surface area contributed by atoms with Crippen LogP contribution in [0.25, 0.3) is 22.0 Å². The Morgan fingerprint density at radius 2 is 1.95 bits per heavy atom. The molecule has 0 unspecified atom stereocenters.